The summed E-state index contributed by atoms with van der Waals surface area (Å²) in [5.74, 6) is -0.0920. The van der Waals surface area contributed by atoms with Crippen LogP contribution < -0.4 is 10.6 Å². The van der Waals surface area contributed by atoms with Crippen LogP contribution in [-0.4, -0.2) is 38.3 Å². The molecule has 0 saturated heterocycles. The highest BCUT2D eigenvalue weighted by atomic mass is 32.2. The predicted octanol–water partition coefficient (Wildman–Crippen LogP) is 1.38. The first-order chi connectivity index (χ1) is 12.2. The molecule has 1 heterocycles. The number of nitrogens with one attached hydrogen (secondary N) is 2. The van der Waals surface area contributed by atoms with Gasteiger partial charge in [0.1, 0.15) is 6.54 Å². The highest BCUT2D eigenvalue weighted by Crippen LogP contribution is 2.21. The summed E-state index contributed by atoms with van der Waals surface area (Å²) in [5, 5.41) is 15.7. The summed E-state index contributed by atoms with van der Waals surface area (Å²) in [4.78, 5) is 28.3. The van der Waals surface area contributed by atoms with Crippen LogP contribution in [0.2, 0.25) is 0 Å². The van der Waals surface area contributed by atoms with Crippen molar-refractivity contribution in [1.82, 2.24) is 14.9 Å². The first kappa shape index (κ1) is 17.5. The van der Waals surface area contributed by atoms with Gasteiger partial charge in [0.05, 0.1) is 24.3 Å². The molecule has 0 spiro atoms. The number of nitrogens with zero attached hydrogens (tertiary/aromatic N) is 2. The zero-order valence-corrected chi connectivity index (χ0v) is 14.5. The molecule has 2 amide bonds. The van der Waals surface area contributed by atoms with Crippen molar-refractivity contribution >= 4 is 29.3 Å². The third-order valence-corrected chi connectivity index (χ3v) is 4.69. The van der Waals surface area contributed by atoms with Crippen molar-refractivity contribution in [3.63, 3.8) is 0 Å². The van der Waals surface area contributed by atoms with Gasteiger partial charge in [-0.25, -0.2) is 4.98 Å². The van der Waals surface area contributed by atoms with Gasteiger partial charge >= 0.3 is 0 Å². The van der Waals surface area contributed by atoms with E-state index in [1.54, 1.807) is 4.57 Å². The highest BCUT2D eigenvalue weighted by molar-refractivity contribution is 7.99. The summed E-state index contributed by atoms with van der Waals surface area (Å²) in [6.45, 7) is -0.116. The van der Waals surface area contributed by atoms with Gasteiger partial charge in [-0.15, -0.1) is 0 Å². The molecule has 0 radical (unpaired) electrons. The monoisotopic (exact) mass is 360 g/mol. The third kappa shape index (κ3) is 5.07. The summed E-state index contributed by atoms with van der Waals surface area (Å²) in [6, 6.07) is 9.49. The number of aromatic nitrogens is 2. The molecule has 0 unspecified atom stereocenters. The fraction of sp³-hybridized carbons (Fsp3) is 0.353. The third-order valence-electron chi connectivity index (χ3n) is 3.70. The van der Waals surface area contributed by atoms with Gasteiger partial charge in [-0.2, -0.15) is 0 Å². The van der Waals surface area contributed by atoms with Gasteiger partial charge < -0.3 is 20.3 Å². The van der Waals surface area contributed by atoms with E-state index in [0.29, 0.717) is 10.9 Å². The van der Waals surface area contributed by atoms with E-state index >= 15 is 0 Å². The Morgan fingerprint density at radius 3 is 2.68 bits per heavy atom. The van der Waals surface area contributed by atoms with E-state index in [1.165, 1.54) is 18.0 Å². The molecule has 1 aliphatic rings. The lowest BCUT2D eigenvalue weighted by Crippen LogP contribution is -2.30. The maximum Gasteiger partial charge on any atom is 0.240 e. The number of imidazole rings is 1. The lowest BCUT2D eigenvalue weighted by Gasteiger charge is -2.11. The number of benzene rings is 1. The summed E-state index contributed by atoms with van der Waals surface area (Å²) in [6.07, 6.45) is 3.56. The summed E-state index contributed by atoms with van der Waals surface area (Å²) in [5.41, 5.74) is 1.29. The van der Waals surface area contributed by atoms with E-state index in [-0.39, 0.29) is 36.8 Å². The van der Waals surface area contributed by atoms with Crippen molar-refractivity contribution in [2.45, 2.75) is 37.2 Å². The fourth-order valence-electron chi connectivity index (χ4n) is 2.30. The summed E-state index contributed by atoms with van der Waals surface area (Å²) in [7, 11) is 0. The van der Waals surface area contributed by atoms with E-state index in [4.69, 9.17) is 0 Å². The minimum Gasteiger partial charge on any atom is -0.390 e. The van der Waals surface area contributed by atoms with Gasteiger partial charge in [-0.1, -0.05) is 30.0 Å². The molecule has 1 aromatic carbocycles. The smallest absolute Gasteiger partial charge is 0.240 e. The molecule has 25 heavy (non-hydrogen) atoms. The molecule has 0 bridgehead atoms. The summed E-state index contributed by atoms with van der Waals surface area (Å²) < 4.78 is 1.65. The minimum absolute atomic E-state index is 0.0923. The molecule has 2 aromatic rings. The topological polar surface area (TPSA) is 96.2 Å². The van der Waals surface area contributed by atoms with Crippen LogP contribution >= 0.6 is 11.8 Å². The Morgan fingerprint density at radius 2 is 2.00 bits per heavy atom. The standard InChI is InChI=1S/C17H20N4O3S/c22-10-14-8-18-17(21(14)9-15(23)19-13-6-7-13)25-11-16(24)20-12-4-2-1-3-5-12/h1-5,8,13,22H,6-7,9-11H2,(H,19,23)(H,20,24). The van der Waals surface area contributed by atoms with Gasteiger partial charge in [0.2, 0.25) is 11.8 Å². The van der Waals surface area contributed by atoms with E-state index in [9.17, 15) is 14.7 Å². The average molecular weight is 360 g/mol. The van der Waals surface area contributed by atoms with E-state index in [1.807, 2.05) is 30.3 Å². The molecule has 0 atom stereocenters. The normalized spacial score (nSPS) is 13.5. The second-order valence-corrected chi connectivity index (χ2v) is 6.76. The Balaban J connectivity index is 1.58. The molecule has 1 saturated carbocycles. The van der Waals surface area contributed by atoms with Gasteiger partial charge in [0, 0.05) is 11.7 Å². The molecule has 1 fully saturated rings. The number of aliphatic hydroxyl groups is 1. The zero-order valence-electron chi connectivity index (χ0n) is 13.6. The molecule has 0 aliphatic heterocycles. The van der Waals surface area contributed by atoms with Crippen molar-refractivity contribution in [1.29, 1.82) is 0 Å². The van der Waals surface area contributed by atoms with Crippen LogP contribution in [0.25, 0.3) is 0 Å². The number of carbonyl (C=O) groups excluding carboxylic acids is 2. The molecule has 8 heteroatoms. The number of para-hydroxylation sites is 1. The first-order valence-electron chi connectivity index (χ1n) is 8.08. The predicted molar refractivity (Wildman–Crippen MR) is 95.1 cm³/mol. The van der Waals surface area contributed by atoms with Crippen LogP contribution in [0, 0.1) is 0 Å². The van der Waals surface area contributed by atoms with Crippen molar-refractivity contribution < 1.29 is 14.7 Å². The van der Waals surface area contributed by atoms with Gasteiger partial charge in [0.15, 0.2) is 5.16 Å². The molecule has 7 nitrogen and oxygen atoms in total. The molecule has 132 valence electrons. The van der Waals surface area contributed by atoms with E-state index in [0.717, 1.165) is 18.5 Å². The first-order valence-corrected chi connectivity index (χ1v) is 9.06. The highest BCUT2D eigenvalue weighted by Gasteiger charge is 2.24. The van der Waals surface area contributed by atoms with E-state index in [2.05, 4.69) is 15.6 Å². The number of thioether (sulfide) groups is 1. The largest absolute Gasteiger partial charge is 0.390 e. The van der Waals surface area contributed by atoms with Crippen molar-refractivity contribution in [3.8, 4) is 0 Å². The lowest BCUT2D eigenvalue weighted by molar-refractivity contribution is -0.122. The maximum absolute atomic E-state index is 12.1. The Labute approximate surface area is 149 Å². The number of hydrogen-bond acceptors (Lipinski definition) is 5. The maximum atomic E-state index is 12.1. The second-order valence-electron chi connectivity index (χ2n) is 5.82. The van der Waals surface area contributed by atoms with Crippen molar-refractivity contribution in [2.75, 3.05) is 11.1 Å². The molecule has 1 aromatic heterocycles. The van der Waals surface area contributed by atoms with Gasteiger partial charge in [0.25, 0.3) is 0 Å². The van der Waals surface area contributed by atoms with Crippen LogP contribution in [-0.2, 0) is 22.7 Å². The Kier molecular flexibility index (Phi) is 5.72. The molecular formula is C17H20N4O3S. The lowest BCUT2D eigenvalue weighted by atomic mass is 10.3. The molecular weight excluding hydrogens is 340 g/mol. The number of hydrogen-bond donors (Lipinski definition) is 3. The van der Waals surface area contributed by atoms with Gasteiger partial charge in [-0.3, -0.25) is 9.59 Å². The van der Waals surface area contributed by atoms with Crippen LogP contribution in [0.3, 0.4) is 0 Å². The fourth-order valence-corrected chi connectivity index (χ4v) is 3.09. The number of rotatable bonds is 8. The number of anilines is 1. The summed E-state index contributed by atoms with van der Waals surface area (Å²) >= 11 is 1.24. The number of amides is 2. The van der Waals surface area contributed by atoms with Crippen molar-refractivity contribution in [2.24, 2.45) is 0 Å². The zero-order chi connectivity index (χ0) is 17.6. The molecule has 3 rings (SSSR count). The van der Waals surface area contributed by atoms with Crippen LogP contribution in [0.15, 0.2) is 41.7 Å². The van der Waals surface area contributed by atoms with E-state index < -0.39 is 0 Å². The number of aliphatic hydroxyl groups excluding tert-OH is 1. The van der Waals surface area contributed by atoms with Crippen LogP contribution in [0.1, 0.15) is 18.5 Å². The minimum atomic E-state index is -0.208. The Hall–Kier alpha value is -2.32. The quantitative estimate of drug-likeness (QED) is 0.618. The second kappa shape index (κ2) is 8.17. The number of carbonyl (C=O) groups is 2. The Morgan fingerprint density at radius 1 is 1.24 bits per heavy atom. The molecule has 1 aliphatic carbocycles. The Bertz CT molecular complexity index is 744. The van der Waals surface area contributed by atoms with Crippen LogP contribution in [0.4, 0.5) is 5.69 Å². The average Bonchev–Trinajstić information content (AvgIpc) is 3.33. The van der Waals surface area contributed by atoms with Crippen molar-refractivity contribution in [3.05, 3.63) is 42.2 Å². The van der Waals surface area contributed by atoms with Gasteiger partial charge in [-0.05, 0) is 25.0 Å². The van der Waals surface area contributed by atoms with Crippen LogP contribution in [0.5, 0.6) is 0 Å². The molecule has 3 N–H and O–H groups in total. The SMILES string of the molecule is O=C(CSc1ncc(CO)n1CC(=O)NC1CC1)Nc1ccccc1.